The van der Waals surface area contributed by atoms with Crippen molar-refractivity contribution >= 4 is 18.2 Å². The Bertz CT molecular complexity index is 440. The van der Waals surface area contributed by atoms with E-state index in [1.54, 1.807) is 0 Å². The molecule has 18 heavy (non-hydrogen) atoms. The predicted octanol–water partition coefficient (Wildman–Crippen LogP) is 3.37. The van der Waals surface area contributed by atoms with Gasteiger partial charge >= 0.3 is 0 Å². The van der Waals surface area contributed by atoms with Crippen molar-refractivity contribution in [2.75, 3.05) is 18.0 Å². The summed E-state index contributed by atoms with van der Waals surface area (Å²) >= 11 is 5.29. The smallest absolute Gasteiger partial charge is 0.225 e. The highest BCUT2D eigenvalue weighted by Crippen LogP contribution is 2.35. The lowest BCUT2D eigenvalue weighted by Crippen LogP contribution is -2.39. The zero-order valence-electron chi connectivity index (χ0n) is 11.7. The average Bonchev–Trinajstić information content (AvgIpc) is 2.73. The zero-order valence-corrected chi connectivity index (χ0v) is 12.5. The molecule has 0 bridgehead atoms. The maximum Gasteiger partial charge on any atom is 0.225 e. The molecule has 0 aromatic carbocycles. The largest absolute Gasteiger partial charge is 0.341 e. The normalized spacial score (nSPS) is 19.2. The number of rotatable bonds is 4. The summed E-state index contributed by atoms with van der Waals surface area (Å²) in [7, 11) is 0. The molecular weight excluding hydrogens is 244 g/mol. The first kappa shape index (κ1) is 13.6. The summed E-state index contributed by atoms with van der Waals surface area (Å²) in [6.45, 7) is 9.99. The third-order valence-corrected chi connectivity index (χ3v) is 4.60. The molecule has 102 valence electrons. The van der Waals surface area contributed by atoms with E-state index in [1.165, 1.54) is 19.3 Å². The molecule has 1 saturated heterocycles. The van der Waals surface area contributed by atoms with Crippen LogP contribution >= 0.6 is 12.2 Å². The first-order valence-electron chi connectivity index (χ1n) is 7.00. The summed E-state index contributed by atoms with van der Waals surface area (Å²) in [6.07, 6.45) is 4.84. The minimum absolute atomic E-state index is 0.513. The van der Waals surface area contributed by atoms with Crippen molar-refractivity contribution in [3.8, 4) is 0 Å². The lowest BCUT2D eigenvalue weighted by molar-refractivity contribution is 0.236. The van der Waals surface area contributed by atoms with E-state index in [1.807, 2.05) is 0 Å². The fourth-order valence-electron chi connectivity index (χ4n) is 2.58. The molecule has 1 aliphatic rings. The molecule has 0 saturated carbocycles. The van der Waals surface area contributed by atoms with Gasteiger partial charge in [-0.1, -0.05) is 27.2 Å². The van der Waals surface area contributed by atoms with Gasteiger partial charge in [-0.05, 0) is 36.9 Å². The topological polar surface area (TPSA) is 36.9 Å². The second-order valence-electron chi connectivity index (χ2n) is 5.63. The summed E-state index contributed by atoms with van der Waals surface area (Å²) < 4.78 is 2.87. The highest BCUT2D eigenvalue weighted by Gasteiger charge is 2.29. The third kappa shape index (κ3) is 2.60. The molecule has 0 radical (unpaired) electrons. The summed E-state index contributed by atoms with van der Waals surface area (Å²) in [5.74, 6) is 1.03. The van der Waals surface area contributed by atoms with Crippen LogP contribution in [0.3, 0.4) is 0 Å². The predicted molar refractivity (Wildman–Crippen MR) is 77.5 cm³/mol. The van der Waals surface area contributed by atoms with Gasteiger partial charge in [0.05, 0.1) is 0 Å². The van der Waals surface area contributed by atoms with Gasteiger partial charge in [-0.25, -0.2) is 5.10 Å². The highest BCUT2D eigenvalue weighted by molar-refractivity contribution is 7.71. The van der Waals surface area contributed by atoms with E-state index in [9.17, 15) is 0 Å². The van der Waals surface area contributed by atoms with Crippen LogP contribution in [0.2, 0.25) is 0 Å². The van der Waals surface area contributed by atoms with Gasteiger partial charge in [-0.2, -0.15) is 0 Å². The van der Waals surface area contributed by atoms with Gasteiger partial charge in [0.2, 0.25) is 5.95 Å². The van der Waals surface area contributed by atoms with Gasteiger partial charge in [0.15, 0.2) is 4.77 Å². The molecule has 2 heterocycles. The number of nitrogens with one attached hydrogen (secondary N) is 1. The lowest BCUT2D eigenvalue weighted by atomic mass is 9.78. The maximum atomic E-state index is 5.29. The molecule has 0 atom stereocenters. The van der Waals surface area contributed by atoms with Crippen molar-refractivity contribution in [2.24, 2.45) is 5.41 Å². The molecular formula is C13H24N4S. The molecule has 0 aliphatic carbocycles. The number of aromatic amines is 1. The number of H-pyrrole nitrogens is 1. The van der Waals surface area contributed by atoms with E-state index in [2.05, 4.69) is 40.4 Å². The number of hydrogen-bond acceptors (Lipinski definition) is 3. The van der Waals surface area contributed by atoms with Crippen LogP contribution in [-0.4, -0.2) is 27.9 Å². The average molecular weight is 268 g/mol. The molecule has 4 nitrogen and oxygen atoms in total. The van der Waals surface area contributed by atoms with Crippen molar-refractivity contribution in [1.29, 1.82) is 0 Å². The Morgan fingerprint density at radius 3 is 2.56 bits per heavy atom. The molecule has 0 unspecified atom stereocenters. The van der Waals surface area contributed by atoms with Crippen molar-refractivity contribution in [3.05, 3.63) is 4.77 Å². The monoisotopic (exact) mass is 268 g/mol. The lowest BCUT2D eigenvalue weighted by Gasteiger charge is -2.39. The number of nitrogens with zero attached hydrogens (tertiary/aromatic N) is 3. The van der Waals surface area contributed by atoms with Gasteiger partial charge in [0.25, 0.3) is 0 Å². The van der Waals surface area contributed by atoms with Crippen LogP contribution < -0.4 is 4.90 Å². The summed E-state index contributed by atoms with van der Waals surface area (Å²) in [5.41, 5.74) is 0.513. The van der Waals surface area contributed by atoms with Crippen LogP contribution in [-0.2, 0) is 6.54 Å². The fraction of sp³-hybridized carbons (Fsp3) is 0.846. The summed E-state index contributed by atoms with van der Waals surface area (Å²) in [4.78, 5) is 2.37. The number of aromatic nitrogens is 3. The Kier molecular flexibility index (Phi) is 4.10. The first-order valence-corrected chi connectivity index (χ1v) is 7.40. The highest BCUT2D eigenvalue weighted by atomic mass is 32.1. The Labute approximate surface area is 114 Å². The van der Waals surface area contributed by atoms with Gasteiger partial charge < -0.3 is 4.90 Å². The Balaban J connectivity index is 2.12. The first-order chi connectivity index (χ1) is 8.59. The number of hydrogen-bond donors (Lipinski definition) is 1. The standard InChI is InChI=1S/C13H24N4S/c1-4-8-17-11(14-15-12(17)18)16-9-6-13(3,5-2)7-10-16/h4-10H2,1-3H3,(H,15,18). The van der Waals surface area contributed by atoms with Crippen LogP contribution in [0.25, 0.3) is 0 Å². The van der Waals surface area contributed by atoms with E-state index in [4.69, 9.17) is 12.2 Å². The van der Waals surface area contributed by atoms with Crippen LogP contribution in [0.5, 0.6) is 0 Å². The van der Waals surface area contributed by atoms with Gasteiger partial charge in [0, 0.05) is 19.6 Å². The van der Waals surface area contributed by atoms with E-state index in [0.717, 1.165) is 36.8 Å². The van der Waals surface area contributed by atoms with E-state index >= 15 is 0 Å². The molecule has 1 aromatic rings. The molecule has 1 N–H and O–H groups in total. The van der Waals surface area contributed by atoms with Crippen molar-refractivity contribution in [1.82, 2.24) is 14.8 Å². The van der Waals surface area contributed by atoms with Gasteiger partial charge in [-0.3, -0.25) is 4.57 Å². The van der Waals surface area contributed by atoms with Gasteiger partial charge in [0.1, 0.15) is 0 Å². The zero-order chi connectivity index (χ0) is 13.2. The molecule has 1 aliphatic heterocycles. The third-order valence-electron chi connectivity index (χ3n) is 4.29. The maximum absolute atomic E-state index is 5.29. The Morgan fingerprint density at radius 2 is 2.00 bits per heavy atom. The Morgan fingerprint density at radius 1 is 1.33 bits per heavy atom. The van der Waals surface area contributed by atoms with E-state index < -0.39 is 0 Å². The minimum atomic E-state index is 0.513. The quantitative estimate of drug-likeness (QED) is 0.851. The second-order valence-corrected chi connectivity index (χ2v) is 6.02. The van der Waals surface area contributed by atoms with Crippen LogP contribution in [0.1, 0.15) is 46.5 Å². The summed E-state index contributed by atoms with van der Waals surface area (Å²) in [6, 6.07) is 0. The minimum Gasteiger partial charge on any atom is -0.341 e. The fourth-order valence-corrected chi connectivity index (χ4v) is 2.79. The number of anilines is 1. The van der Waals surface area contributed by atoms with Gasteiger partial charge in [-0.15, -0.1) is 5.10 Å². The number of piperidine rings is 1. The van der Waals surface area contributed by atoms with Crippen LogP contribution in [0.15, 0.2) is 0 Å². The molecule has 1 aromatic heterocycles. The van der Waals surface area contributed by atoms with Crippen LogP contribution in [0, 0.1) is 10.2 Å². The second kappa shape index (κ2) is 5.43. The van der Waals surface area contributed by atoms with Crippen molar-refractivity contribution < 1.29 is 0 Å². The molecule has 0 spiro atoms. The van der Waals surface area contributed by atoms with Crippen molar-refractivity contribution in [2.45, 2.75) is 53.0 Å². The SMILES string of the molecule is CCCn1c(N2CCC(C)(CC)CC2)n[nH]c1=S. The van der Waals surface area contributed by atoms with E-state index in [0.29, 0.717) is 5.41 Å². The molecule has 5 heteroatoms. The van der Waals surface area contributed by atoms with Crippen molar-refractivity contribution in [3.63, 3.8) is 0 Å². The molecule has 2 rings (SSSR count). The summed E-state index contributed by atoms with van der Waals surface area (Å²) in [5, 5.41) is 7.33. The Hall–Kier alpha value is -0.840. The van der Waals surface area contributed by atoms with Crippen LogP contribution in [0.4, 0.5) is 5.95 Å². The molecule has 1 fully saturated rings. The van der Waals surface area contributed by atoms with E-state index in [-0.39, 0.29) is 0 Å². The molecule has 0 amide bonds.